The molecule has 0 spiro atoms. The smallest absolute Gasteiger partial charge is 0.253 e. The van der Waals surface area contributed by atoms with Gasteiger partial charge >= 0.3 is 0 Å². The molecule has 1 aliphatic rings. The number of carbonyl (C=O) groups is 2. The zero-order valence-corrected chi connectivity index (χ0v) is 16.1. The van der Waals surface area contributed by atoms with Gasteiger partial charge in [0.25, 0.3) is 5.91 Å². The molecule has 3 rings (SSSR count). The van der Waals surface area contributed by atoms with Crippen molar-refractivity contribution < 1.29 is 14.0 Å². The number of unbranched alkanes of at least 4 members (excludes halogenated alkanes) is 1. The number of aryl methyl sites for hydroxylation is 1. The summed E-state index contributed by atoms with van der Waals surface area (Å²) >= 11 is 1.42. The molecular weight excluding hydrogens is 367 g/mol. The average Bonchev–Trinajstić information content (AvgIpc) is 3.13. The summed E-state index contributed by atoms with van der Waals surface area (Å²) in [7, 11) is 0. The van der Waals surface area contributed by atoms with Gasteiger partial charge in [0.2, 0.25) is 11.0 Å². The zero-order valence-electron chi connectivity index (χ0n) is 15.3. The highest BCUT2D eigenvalue weighted by Crippen LogP contribution is 2.23. The topological polar surface area (TPSA) is 75.2 Å². The molecule has 6 nitrogen and oxygen atoms in total. The normalized spacial score (nSPS) is 15.0. The van der Waals surface area contributed by atoms with Crippen molar-refractivity contribution in [2.45, 2.75) is 39.0 Å². The van der Waals surface area contributed by atoms with Crippen LogP contribution in [0.1, 0.15) is 48.0 Å². The van der Waals surface area contributed by atoms with Crippen molar-refractivity contribution in [2.75, 3.05) is 18.4 Å². The van der Waals surface area contributed by atoms with Gasteiger partial charge in [0.05, 0.1) is 0 Å². The fourth-order valence-corrected chi connectivity index (χ4v) is 3.87. The van der Waals surface area contributed by atoms with E-state index in [-0.39, 0.29) is 17.7 Å². The quantitative estimate of drug-likeness (QED) is 0.819. The molecule has 27 heavy (non-hydrogen) atoms. The molecule has 1 aliphatic heterocycles. The first-order chi connectivity index (χ1) is 13.1. The molecular formula is C19H23FN4O2S. The SMILES string of the molecule is CCCCc1nnc(NC(=O)C2CCN(C(=O)c3cccc(F)c3)CC2)s1. The second-order valence-electron chi connectivity index (χ2n) is 6.67. The molecule has 2 aromatic rings. The number of benzene rings is 1. The molecule has 0 aliphatic carbocycles. The molecule has 2 amide bonds. The van der Waals surface area contributed by atoms with Gasteiger partial charge in [-0.15, -0.1) is 10.2 Å². The van der Waals surface area contributed by atoms with E-state index in [1.807, 2.05) is 0 Å². The highest BCUT2D eigenvalue weighted by Gasteiger charge is 2.28. The van der Waals surface area contributed by atoms with E-state index in [0.717, 1.165) is 24.3 Å². The Labute approximate surface area is 161 Å². The van der Waals surface area contributed by atoms with Crippen LogP contribution in [0.4, 0.5) is 9.52 Å². The Kier molecular flexibility index (Phi) is 6.49. The minimum atomic E-state index is -0.425. The highest BCUT2D eigenvalue weighted by atomic mass is 32.1. The fraction of sp³-hybridized carbons (Fsp3) is 0.474. The predicted octanol–water partition coefficient (Wildman–Crippen LogP) is 3.51. The molecule has 2 heterocycles. The van der Waals surface area contributed by atoms with Crippen molar-refractivity contribution in [1.29, 1.82) is 0 Å². The van der Waals surface area contributed by atoms with Gasteiger partial charge in [-0.1, -0.05) is 30.7 Å². The van der Waals surface area contributed by atoms with E-state index in [4.69, 9.17) is 0 Å². The fourth-order valence-electron chi connectivity index (χ4n) is 3.09. The summed E-state index contributed by atoms with van der Waals surface area (Å²) in [5.41, 5.74) is 0.339. The minimum Gasteiger partial charge on any atom is -0.339 e. The third kappa shape index (κ3) is 5.09. The number of hydrogen-bond acceptors (Lipinski definition) is 5. The summed E-state index contributed by atoms with van der Waals surface area (Å²) in [6.45, 7) is 3.08. The van der Waals surface area contributed by atoms with Crippen LogP contribution >= 0.6 is 11.3 Å². The molecule has 0 atom stereocenters. The summed E-state index contributed by atoms with van der Waals surface area (Å²) in [6.07, 6.45) is 4.18. The predicted molar refractivity (Wildman–Crippen MR) is 102 cm³/mol. The van der Waals surface area contributed by atoms with Crippen LogP contribution in [-0.2, 0) is 11.2 Å². The van der Waals surface area contributed by atoms with Gasteiger partial charge < -0.3 is 10.2 Å². The van der Waals surface area contributed by atoms with Gasteiger partial charge in [-0.25, -0.2) is 4.39 Å². The van der Waals surface area contributed by atoms with E-state index in [1.165, 1.54) is 29.5 Å². The summed E-state index contributed by atoms with van der Waals surface area (Å²) in [5.74, 6) is -0.862. The van der Waals surface area contributed by atoms with Crippen LogP contribution in [-0.4, -0.2) is 40.0 Å². The third-order valence-corrected chi connectivity index (χ3v) is 5.56. The molecule has 8 heteroatoms. The van der Waals surface area contributed by atoms with Crippen molar-refractivity contribution in [1.82, 2.24) is 15.1 Å². The van der Waals surface area contributed by atoms with Crippen molar-refractivity contribution in [2.24, 2.45) is 5.92 Å². The van der Waals surface area contributed by atoms with Crippen molar-refractivity contribution in [3.8, 4) is 0 Å². The Morgan fingerprint density at radius 1 is 1.30 bits per heavy atom. The lowest BCUT2D eigenvalue weighted by molar-refractivity contribution is -0.121. The molecule has 0 radical (unpaired) electrons. The lowest BCUT2D eigenvalue weighted by atomic mass is 9.95. The molecule has 0 bridgehead atoms. The number of likely N-dealkylation sites (tertiary alicyclic amines) is 1. The van der Waals surface area contributed by atoms with Gasteiger partial charge in [0, 0.05) is 31.0 Å². The Balaban J connectivity index is 1.50. The number of amides is 2. The van der Waals surface area contributed by atoms with Gasteiger partial charge in [0.1, 0.15) is 10.8 Å². The lowest BCUT2D eigenvalue weighted by Crippen LogP contribution is -2.41. The van der Waals surface area contributed by atoms with Gasteiger partial charge in [0.15, 0.2) is 0 Å². The maximum absolute atomic E-state index is 13.3. The van der Waals surface area contributed by atoms with Crippen molar-refractivity contribution in [3.05, 3.63) is 40.7 Å². The molecule has 0 saturated carbocycles. The highest BCUT2D eigenvalue weighted by molar-refractivity contribution is 7.15. The summed E-state index contributed by atoms with van der Waals surface area (Å²) in [6, 6.07) is 5.69. The van der Waals surface area contributed by atoms with Crippen LogP contribution in [0.5, 0.6) is 0 Å². The Hall–Kier alpha value is -2.35. The first-order valence-electron chi connectivity index (χ1n) is 9.25. The summed E-state index contributed by atoms with van der Waals surface area (Å²) in [5, 5.41) is 12.4. The standard InChI is InChI=1S/C19H23FN4O2S/c1-2-3-7-16-22-23-19(27-16)21-17(25)13-8-10-24(11-9-13)18(26)14-5-4-6-15(20)12-14/h4-6,12-13H,2-3,7-11H2,1H3,(H,21,23,25). The second kappa shape index (κ2) is 9.03. The van der Waals surface area contributed by atoms with E-state index in [2.05, 4.69) is 22.4 Å². The first kappa shape index (κ1) is 19.4. The monoisotopic (exact) mass is 390 g/mol. The lowest BCUT2D eigenvalue weighted by Gasteiger charge is -2.31. The second-order valence-corrected chi connectivity index (χ2v) is 7.73. The van der Waals surface area contributed by atoms with Crippen LogP contribution in [0.3, 0.4) is 0 Å². The molecule has 1 aromatic heterocycles. The minimum absolute atomic E-state index is 0.0777. The van der Waals surface area contributed by atoms with E-state index in [1.54, 1.807) is 11.0 Å². The summed E-state index contributed by atoms with van der Waals surface area (Å²) in [4.78, 5) is 26.6. The Bertz CT molecular complexity index is 803. The number of nitrogens with one attached hydrogen (secondary N) is 1. The number of hydrogen-bond donors (Lipinski definition) is 1. The van der Waals surface area contributed by atoms with Crippen LogP contribution in [0.15, 0.2) is 24.3 Å². The molecule has 144 valence electrons. The number of aromatic nitrogens is 2. The maximum atomic E-state index is 13.3. The maximum Gasteiger partial charge on any atom is 0.253 e. The van der Waals surface area contributed by atoms with Crippen LogP contribution in [0.25, 0.3) is 0 Å². The van der Waals surface area contributed by atoms with Crippen LogP contribution in [0.2, 0.25) is 0 Å². The van der Waals surface area contributed by atoms with Gasteiger partial charge in [-0.05, 0) is 37.5 Å². The number of rotatable bonds is 6. The van der Waals surface area contributed by atoms with Gasteiger partial charge in [-0.2, -0.15) is 0 Å². The molecule has 1 saturated heterocycles. The van der Waals surface area contributed by atoms with Crippen LogP contribution < -0.4 is 5.32 Å². The van der Waals surface area contributed by atoms with Crippen LogP contribution in [0, 0.1) is 11.7 Å². The van der Waals surface area contributed by atoms with Gasteiger partial charge in [-0.3, -0.25) is 9.59 Å². The number of carbonyl (C=O) groups excluding carboxylic acids is 2. The molecule has 1 aromatic carbocycles. The Morgan fingerprint density at radius 2 is 2.07 bits per heavy atom. The molecule has 1 fully saturated rings. The van der Waals surface area contributed by atoms with E-state index >= 15 is 0 Å². The van der Waals surface area contributed by atoms with Crippen molar-refractivity contribution >= 4 is 28.3 Å². The number of piperidine rings is 1. The largest absolute Gasteiger partial charge is 0.339 e. The van der Waals surface area contributed by atoms with E-state index < -0.39 is 5.82 Å². The number of anilines is 1. The molecule has 0 unspecified atom stereocenters. The third-order valence-electron chi connectivity index (χ3n) is 4.67. The number of nitrogens with zero attached hydrogens (tertiary/aromatic N) is 3. The van der Waals surface area contributed by atoms with E-state index in [9.17, 15) is 14.0 Å². The van der Waals surface area contributed by atoms with E-state index in [0.29, 0.717) is 36.6 Å². The average molecular weight is 390 g/mol. The van der Waals surface area contributed by atoms with Crippen molar-refractivity contribution in [3.63, 3.8) is 0 Å². The Morgan fingerprint density at radius 3 is 2.78 bits per heavy atom. The number of halogens is 1. The molecule has 1 N–H and O–H groups in total. The first-order valence-corrected chi connectivity index (χ1v) is 10.1. The summed E-state index contributed by atoms with van der Waals surface area (Å²) < 4.78 is 13.3. The zero-order chi connectivity index (χ0) is 19.2.